The minimum absolute atomic E-state index is 0.128. The average molecular weight is 282 g/mol. The molecule has 0 amide bonds. The molecule has 0 radical (unpaired) electrons. The van der Waals surface area contributed by atoms with E-state index >= 15 is 0 Å². The lowest BCUT2D eigenvalue weighted by atomic mass is 10.2. The van der Waals surface area contributed by atoms with E-state index in [1.54, 1.807) is 6.07 Å². The summed E-state index contributed by atoms with van der Waals surface area (Å²) in [7, 11) is 2.03. The van der Waals surface area contributed by atoms with E-state index in [0.717, 1.165) is 38.3 Å². The van der Waals surface area contributed by atoms with Crippen molar-refractivity contribution in [3.8, 4) is 0 Å². The Bertz CT molecular complexity index is 373. The lowest BCUT2D eigenvalue weighted by molar-refractivity contribution is 0.144. The van der Waals surface area contributed by atoms with Gasteiger partial charge in [-0.2, -0.15) is 0 Å². The fourth-order valence-corrected chi connectivity index (χ4v) is 1.96. The normalized spacial score (nSPS) is 12.8. The van der Waals surface area contributed by atoms with Crippen molar-refractivity contribution in [2.45, 2.75) is 32.9 Å². The van der Waals surface area contributed by atoms with E-state index in [9.17, 15) is 4.39 Å². The quantitative estimate of drug-likeness (QED) is 0.668. The minimum Gasteiger partial charge on any atom is -0.382 e. The second-order valence-corrected chi connectivity index (χ2v) is 5.11. The summed E-state index contributed by atoms with van der Waals surface area (Å²) in [5.41, 5.74) is 0.748. The average Bonchev–Trinajstić information content (AvgIpc) is 2.44. The molecule has 0 saturated carbocycles. The molecule has 0 spiro atoms. The van der Waals surface area contributed by atoms with E-state index in [2.05, 4.69) is 17.1 Å². The molecule has 1 atom stereocenters. The predicted octanol–water partition coefficient (Wildman–Crippen LogP) is 2.66. The predicted molar refractivity (Wildman–Crippen MR) is 81.3 cm³/mol. The van der Waals surface area contributed by atoms with Crippen LogP contribution >= 0.6 is 0 Å². The summed E-state index contributed by atoms with van der Waals surface area (Å²) in [5, 5.41) is 3.41. The van der Waals surface area contributed by atoms with Crippen molar-refractivity contribution in [3.05, 3.63) is 35.6 Å². The van der Waals surface area contributed by atoms with Crippen molar-refractivity contribution in [1.82, 2.24) is 10.2 Å². The van der Waals surface area contributed by atoms with Gasteiger partial charge < -0.3 is 10.1 Å². The van der Waals surface area contributed by atoms with Crippen LogP contribution in [0.25, 0.3) is 0 Å². The standard InChI is InChI=1S/C16H27FN2O/c1-4-20-11-7-10-18-12-14(2)19(3)13-15-8-5-6-9-16(15)17/h5-6,8-9,14,18H,4,7,10-13H2,1-3H3. The number of rotatable bonds is 10. The minimum atomic E-state index is -0.128. The second-order valence-electron chi connectivity index (χ2n) is 5.11. The van der Waals surface area contributed by atoms with E-state index in [1.807, 2.05) is 26.1 Å². The van der Waals surface area contributed by atoms with Gasteiger partial charge in [0.15, 0.2) is 0 Å². The number of ether oxygens (including phenoxy) is 1. The Kier molecular flexibility index (Phi) is 8.42. The van der Waals surface area contributed by atoms with Gasteiger partial charge in [0.1, 0.15) is 5.82 Å². The van der Waals surface area contributed by atoms with E-state index in [1.165, 1.54) is 6.07 Å². The van der Waals surface area contributed by atoms with Crippen molar-refractivity contribution < 1.29 is 9.13 Å². The van der Waals surface area contributed by atoms with Gasteiger partial charge in [0.25, 0.3) is 0 Å². The molecule has 20 heavy (non-hydrogen) atoms. The Morgan fingerprint density at radius 2 is 2.10 bits per heavy atom. The number of hydrogen-bond donors (Lipinski definition) is 1. The first-order valence-corrected chi connectivity index (χ1v) is 7.37. The van der Waals surface area contributed by atoms with Crippen LogP contribution in [0.5, 0.6) is 0 Å². The van der Waals surface area contributed by atoms with Gasteiger partial charge in [-0.25, -0.2) is 4.39 Å². The molecule has 0 fully saturated rings. The van der Waals surface area contributed by atoms with Gasteiger partial charge in [-0.05, 0) is 39.9 Å². The maximum atomic E-state index is 13.6. The Morgan fingerprint density at radius 3 is 2.80 bits per heavy atom. The van der Waals surface area contributed by atoms with Gasteiger partial charge in [-0.15, -0.1) is 0 Å². The first-order valence-electron chi connectivity index (χ1n) is 7.37. The second kappa shape index (κ2) is 9.86. The molecule has 1 rings (SSSR count). The molecule has 1 N–H and O–H groups in total. The lowest BCUT2D eigenvalue weighted by Gasteiger charge is -2.25. The van der Waals surface area contributed by atoms with E-state index in [4.69, 9.17) is 4.74 Å². The Labute approximate surface area is 122 Å². The molecular formula is C16H27FN2O. The molecule has 1 aromatic rings. The number of benzene rings is 1. The summed E-state index contributed by atoms with van der Waals surface area (Å²) in [6.07, 6.45) is 1.03. The smallest absolute Gasteiger partial charge is 0.127 e. The first-order chi connectivity index (χ1) is 9.65. The number of nitrogens with zero attached hydrogens (tertiary/aromatic N) is 1. The molecule has 0 heterocycles. The third-order valence-electron chi connectivity index (χ3n) is 3.42. The van der Waals surface area contributed by atoms with Crippen LogP contribution in [-0.2, 0) is 11.3 Å². The van der Waals surface area contributed by atoms with Crippen LogP contribution in [-0.4, -0.2) is 44.3 Å². The number of hydrogen-bond acceptors (Lipinski definition) is 3. The summed E-state index contributed by atoms with van der Waals surface area (Å²) in [6.45, 7) is 8.23. The summed E-state index contributed by atoms with van der Waals surface area (Å²) in [4.78, 5) is 2.16. The molecule has 0 saturated heterocycles. The van der Waals surface area contributed by atoms with E-state index < -0.39 is 0 Å². The van der Waals surface area contributed by atoms with Crippen LogP contribution in [0.15, 0.2) is 24.3 Å². The van der Waals surface area contributed by atoms with Crippen molar-refractivity contribution in [2.75, 3.05) is 33.4 Å². The maximum Gasteiger partial charge on any atom is 0.127 e. The molecule has 4 heteroatoms. The Balaban J connectivity index is 2.22. The van der Waals surface area contributed by atoms with Crippen LogP contribution in [0.4, 0.5) is 4.39 Å². The van der Waals surface area contributed by atoms with Crippen LogP contribution in [0.2, 0.25) is 0 Å². The molecule has 0 bridgehead atoms. The van der Waals surface area contributed by atoms with Gasteiger partial charge >= 0.3 is 0 Å². The van der Waals surface area contributed by atoms with Gasteiger partial charge in [-0.3, -0.25) is 4.90 Å². The third kappa shape index (κ3) is 6.46. The third-order valence-corrected chi connectivity index (χ3v) is 3.42. The highest BCUT2D eigenvalue weighted by molar-refractivity contribution is 5.17. The van der Waals surface area contributed by atoms with Crippen molar-refractivity contribution in [3.63, 3.8) is 0 Å². The molecule has 0 aromatic heterocycles. The molecule has 0 aliphatic rings. The van der Waals surface area contributed by atoms with Crippen LogP contribution < -0.4 is 5.32 Å². The lowest BCUT2D eigenvalue weighted by Crippen LogP contribution is -2.38. The fraction of sp³-hybridized carbons (Fsp3) is 0.625. The Hall–Kier alpha value is -0.970. The summed E-state index contributed by atoms with van der Waals surface area (Å²) in [5.74, 6) is -0.128. The zero-order chi connectivity index (χ0) is 14.8. The summed E-state index contributed by atoms with van der Waals surface area (Å²) >= 11 is 0. The zero-order valence-electron chi connectivity index (χ0n) is 12.9. The summed E-state index contributed by atoms with van der Waals surface area (Å²) in [6, 6.07) is 7.32. The molecule has 1 unspecified atom stereocenters. The topological polar surface area (TPSA) is 24.5 Å². The van der Waals surface area contributed by atoms with Gasteiger partial charge in [-0.1, -0.05) is 18.2 Å². The highest BCUT2D eigenvalue weighted by atomic mass is 19.1. The van der Waals surface area contributed by atoms with Crippen molar-refractivity contribution in [2.24, 2.45) is 0 Å². The van der Waals surface area contributed by atoms with Crippen LogP contribution in [0.3, 0.4) is 0 Å². The van der Waals surface area contributed by atoms with Gasteiger partial charge in [0.05, 0.1) is 0 Å². The molecule has 114 valence electrons. The summed E-state index contributed by atoms with van der Waals surface area (Å²) < 4.78 is 18.9. The largest absolute Gasteiger partial charge is 0.382 e. The van der Waals surface area contributed by atoms with Crippen LogP contribution in [0, 0.1) is 5.82 Å². The monoisotopic (exact) mass is 282 g/mol. The van der Waals surface area contributed by atoms with Crippen LogP contribution in [0.1, 0.15) is 25.8 Å². The Morgan fingerprint density at radius 1 is 1.35 bits per heavy atom. The fourth-order valence-electron chi connectivity index (χ4n) is 1.96. The molecule has 3 nitrogen and oxygen atoms in total. The highest BCUT2D eigenvalue weighted by Gasteiger charge is 2.11. The maximum absolute atomic E-state index is 13.6. The number of likely N-dealkylation sites (N-methyl/N-ethyl adjacent to an activating group) is 1. The highest BCUT2D eigenvalue weighted by Crippen LogP contribution is 2.10. The first kappa shape index (κ1) is 17.1. The molecular weight excluding hydrogens is 255 g/mol. The molecule has 0 aliphatic heterocycles. The number of halogens is 1. The van der Waals surface area contributed by atoms with Gasteiger partial charge in [0.2, 0.25) is 0 Å². The van der Waals surface area contributed by atoms with E-state index in [-0.39, 0.29) is 5.82 Å². The SMILES string of the molecule is CCOCCCNCC(C)N(C)Cc1ccccc1F. The van der Waals surface area contributed by atoms with Crippen molar-refractivity contribution in [1.29, 1.82) is 0 Å². The van der Waals surface area contributed by atoms with Crippen molar-refractivity contribution >= 4 is 0 Å². The van der Waals surface area contributed by atoms with Gasteiger partial charge in [0, 0.05) is 37.9 Å². The van der Waals surface area contributed by atoms with E-state index in [0.29, 0.717) is 12.6 Å². The number of nitrogens with one attached hydrogen (secondary N) is 1. The zero-order valence-corrected chi connectivity index (χ0v) is 12.9. The molecule has 0 aliphatic carbocycles. The molecule has 1 aromatic carbocycles.